The number of ether oxygens (including phenoxy) is 1. The van der Waals surface area contributed by atoms with E-state index in [4.69, 9.17) is 13.3 Å². The second-order valence-electron chi connectivity index (χ2n) is 6.54. The van der Waals surface area contributed by atoms with Gasteiger partial charge in [0.05, 0.1) is 5.56 Å². The van der Waals surface area contributed by atoms with Crippen LogP contribution in [-0.4, -0.2) is 24.6 Å². The van der Waals surface area contributed by atoms with Gasteiger partial charge in [0.25, 0.3) is 5.89 Å². The van der Waals surface area contributed by atoms with E-state index in [9.17, 15) is 13.2 Å². The number of nitrogens with zero attached hydrogens (tertiary/aromatic N) is 2. The number of rotatable bonds is 6. The summed E-state index contributed by atoms with van der Waals surface area (Å²) in [7, 11) is -4.00. The van der Waals surface area contributed by atoms with Crippen LogP contribution in [0, 0.1) is 20.8 Å². The van der Waals surface area contributed by atoms with Gasteiger partial charge in [-0.25, -0.2) is 4.79 Å². The molecule has 0 fully saturated rings. The highest BCUT2D eigenvalue weighted by Crippen LogP contribution is 2.23. The van der Waals surface area contributed by atoms with E-state index >= 15 is 0 Å². The molecule has 0 aliphatic rings. The lowest BCUT2D eigenvalue weighted by Crippen LogP contribution is -2.12. The molecular weight excluding hydrogens is 396 g/mol. The number of aryl methyl sites for hydroxylation is 3. The van der Waals surface area contributed by atoms with Crippen LogP contribution in [0.1, 0.15) is 46.3 Å². The molecule has 1 heterocycles. The Morgan fingerprint density at radius 1 is 1.03 bits per heavy atom. The maximum atomic E-state index is 12.6. The summed E-state index contributed by atoms with van der Waals surface area (Å²) in [4.78, 5) is 12.4. The molecule has 9 heteroatoms. The van der Waals surface area contributed by atoms with Crippen molar-refractivity contribution in [1.29, 1.82) is 0 Å². The van der Waals surface area contributed by atoms with Crippen molar-refractivity contribution < 1.29 is 26.5 Å². The molecule has 152 valence electrons. The van der Waals surface area contributed by atoms with E-state index in [0.717, 1.165) is 5.56 Å². The second kappa shape index (κ2) is 8.04. The van der Waals surface area contributed by atoms with Crippen LogP contribution in [0.5, 0.6) is 5.75 Å². The van der Waals surface area contributed by atoms with Gasteiger partial charge in [-0.3, -0.25) is 0 Å². The third-order valence-electron chi connectivity index (χ3n) is 4.08. The van der Waals surface area contributed by atoms with Crippen LogP contribution < -0.4 is 4.18 Å². The molecule has 0 aliphatic heterocycles. The SMILES string of the molecule is Cc1ccc(C)c(S(=O)(=O)Oc2ccc(C(=O)OC(C)c3nnc(C)o3)cc2)c1. The van der Waals surface area contributed by atoms with Gasteiger partial charge in [-0.15, -0.1) is 10.2 Å². The summed E-state index contributed by atoms with van der Waals surface area (Å²) in [6, 6.07) is 10.7. The van der Waals surface area contributed by atoms with Crippen LogP contribution in [0.25, 0.3) is 0 Å². The van der Waals surface area contributed by atoms with Crippen molar-refractivity contribution in [3.63, 3.8) is 0 Å². The Hall–Kier alpha value is -3.20. The maximum absolute atomic E-state index is 12.6. The molecule has 1 atom stereocenters. The number of benzene rings is 2. The smallest absolute Gasteiger partial charge is 0.339 e. The molecule has 8 nitrogen and oxygen atoms in total. The summed E-state index contributed by atoms with van der Waals surface area (Å²) in [5, 5.41) is 7.50. The third-order valence-corrected chi connectivity index (χ3v) is 5.47. The molecule has 0 saturated heterocycles. The normalized spacial score (nSPS) is 12.4. The zero-order valence-electron chi connectivity index (χ0n) is 16.4. The number of carbonyl (C=O) groups excluding carboxylic acids is 1. The number of hydrogen-bond donors (Lipinski definition) is 0. The Morgan fingerprint density at radius 2 is 1.72 bits per heavy atom. The monoisotopic (exact) mass is 416 g/mol. The molecule has 1 unspecified atom stereocenters. The fourth-order valence-corrected chi connectivity index (χ4v) is 3.80. The molecule has 0 radical (unpaired) electrons. The van der Waals surface area contributed by atoms with Gasteiger partial charge in [0.2, 0.25) is 5.89 Å². The molecule has 1 aromatic heterocycles. The predicted molar refractivity (Wildman–Crippen MR) is 103 cm³/mol. The van der Waals surface area contributed by atoms with Crippen molar-refractivity contribution in [1.82, 2.24) is 10.2 Å². The average Bonchev–Trinajstić information content (AvgIpc) is 3.10. The molecule has 0 spiro atoms. The van der Waals surface area contributed by atoms with Crippen molar-refractivity contribution in [3.8, 4) is 5.75 Å². The van der Waals surface area contributed by atoms with Gasteiger partial charge in [-0.1, -0.05) is 12.1 Å². The predicted octanol–water partition coefficient (Wildman–Crippen LogP) is 3.68. The van der Waals surface area contributed by atoms with Crippen LogP contribution in [0.4, 0.5) is 0 Å². The number of hydrogen-bond acceptors (Lipinski definition) is 8. The minimum Gasteiger partial charge on any atom is -0.449 e. The summed E-state index contributed by atoms with van der Waals surface area (Å²) >= 11 is 0. The van der Waals surface area contributed by atoms with E-state index in [1.165, 1.54) is 24.3 Å². The van der Waals surface area contributed by atoms with E-state index < -0.39 is 22.2 Å². The van der Waals surface area contributed by atoms with E-state index in [-0.39, 0.29) is 22.1 Å². The van der Waals surface area contributed by atoms with Gasteiger partial charge in [0.1, 0.15) is 10.6 Å². The van der Waals surface area contributed by atoms with E-state index in [1.807, 2.05) is 6.07 Å². The third kappa shape index (κ3) is 4.80. The van der Waals surface area contributed by atoms with Gasteiger partial charge >= 0.3 is 16.1 Å². The van der Waals surface area contributed by atoms with Crippen molar-refractivity contribution in [2.45, 2.75) is 38.7 Å². The largest absolute Gasteiger partial charge is 0.449 e. The zero-order valence-corrected chi connectivity index (χ0v) is 17.2. The lowest BCUT2D eigenvalue weighted by molar-refractivity contribution is 0.0277. The molecule has 3 aromatic rings. The van der Waals surface area contributed by atoms with Crippen LogP contribution in [0.3, 0.4) is 0 Å². The molecule has 0 aliphatic carbocycles. The van der Waals surface area contributed by atoms with E-state index in [1.54, 1.807) is 39.8 Å². The first-order valence-electron chi connectivity index (χ1n) is 8.78. The Morgan fingerprint density at radius 3 is 2.34 bits per heavy atom. The highest BCUT2D eigenvalue weighted by atomic mass is 32.2. The van der Waals surface area contributed by atoms with Crippen molar-refractivity contribution in [2.24, 2.45) is 0 Å². The minimum absolute atomic E-state index is 0.0861. The number of carbonyl (C=O) groups is 1. The summed E-state index contributed by atoms with van der Waals surface area (Å²) < 4.78 is 40.8. The topological polar surface area (TPSA) is 109 Å². The summed E-state index contributed by atoms with van der Waals surface area (Å²) in [5.41, 5.74) is 1.62. The molecule has 29 heavy (non-hydrogen) atoms. The number of aromatic nitrogens is 2. The Balaban J connectivity index is 1.71. The van der Waals surface area contributed by atoms with Gasteiger partial charge in [0, 0.05) is 6.92 Å². The number of esters is 1. The minimum atomic E-state index is -4.00. The van der Waals surface area contributed by atoms with Crippen LogP contribution in [0.15, 0.2) is 51.8 Å². The van der Waals surface area contributed by atoms with E-state index in [0.29, 0.717) is 11.5 Å². The van der Waals surface area contributed by atoms with Gasteiger partial charge in [-0.2, -0.15) is 8.42 Å². The summed E-state index contributed by atoms with van der Waals surface area (Å²) in [6.45, 7) is 6.74. The summed E-state index contributed by atoms with van der Waals surface area (Å²) in [5.74, 6) is 0.0326. The van der Waals surface area contributed by atoms with Gasteiger partial charge in [-0.05, 0) is 62.2 Å². The first kappa shape index (κ1) is 20.5. The fourth-order valence-electron chi connectivity index (χ4n) is 2.55. The molecular formula is C20H20N2O6S. The standard InChI is InChI=1S/C20H20N2O6S/c1-12-5-6-13(2)18(11-12)29(24,25)28-17-9-7-16(8-10-17)20(23)26-14(3)19-22-21-15(4)27-19/h5-11,14H,1-4H3. The molecule has 0 saturated carbocycles. The maximum Gasteiger partial charge on any atom is 0.339 e. The fraction of sp³-hybridized carbons (Fsp3) is 0.250. The summed E-state index contributed by atoms with van der Waals surface area (Å²) in [6.07, 6.45) is -0.718. The van der Waals surface area contributed by atoms with Crippen LogP contribution in [-0.2, 0) is 14.9 Å². The molecule has 0 N–H and O–H groups in total. The Bertz CT molecular complexity index is 1140. The molecule has 0 bridgehead atoms. The molecule has 0 amide bonds. The second-order valence-corrected chi connectivity index (χ2v) is 8.05. The van der Waals surface area contributed by atoms with Crippen molar-refractivity contribution >= 4 is 16.1 Å². The van der Waals surface area contributed by atoms with Crippen molar-refractivity contribution in [3.05, 3.63) is 70.9 Å². The van der Waals surface area contributed by atoms with Crippen LogP contribution >= 0.6 is 0 Å². The highest BCUT2D eigenvalue weighted by Gasteiger charge is 2.21. The first-order valence-corrected chi connectivity index (χ1v) is 10.2. The first-order chi connectivity index (χ1) is 13.7. The van der Waals surface area contributed by atoms with Gasteiger partial charge in [0.15, 0.2) is 6.10 Å². The van der Waals surface area contributed by atoms with Crippen molar-refractivity contribution in [2.75, 3.05) is 0 Å². The van der Waals surface area contributed by atoms with Crippen LogP contribution in [0.2, 0.25) is 0 Å². The molecule has 2 aromatic carbocycles. The van der Waals surface area contributed by atoms with E-state index in [2.05, 4.69) is 10.2 Å². The van der Waals surface area contributed by atoms with Gasteiger partial charge < -0.3 is 13.3 Å². The highest BCUT2D eigenvalue weighted by molar-refractivity contribution is 7.87. The average molecular weight is 416 g/mol. The Labute approximate surface area is 168 Å². The quantitative estimate of drug-likeness (QED) is 0.442. The zero-order chi connectivity index (χ0) is 21.2. The Kier molecular flexibility index (Phi) is 5.69. The lowest BCUT2D eigenvalue weighted by atomic mass is 10.2. The lowest BCUT2D eigenvalue weighted by Gasteiger charge is -2.11. The molecule has 3 rings (SSSR count).